The fourth-order valence-electron chi connectivity index (χ4n) is 4.30. The van der Waals surface area contributed by atoms with Gasteiger partial charge in [-0.1, -0.05) is 13.0 Å². The Kier molecular flexibility index (Phi) is 6.65. The number of aryl methyl sites for hydroxylation is 1. The predicted molar refractivity (Wildman–Crippen MR) is 127 cm³/mol. The molecular weight excluding hydrogens is 443 g/mol. The van der Waals surface area contributed by atoms with Gasteiger partial charge in [-0.2, -0.15) is 18.3 Å². The lowest BCUT2D eigenvalue weighted by atomic mass is 10.1. The summed E-state index contributed by atoms with van der Waals surface area (Å²) in [5.41, 5.74) is 3.12. The smallest absolute Gasteiger partial charge is 0.369 e. The number of benzene rings is 2. The van der Waals surface area contributed by atoms with Crippen molar-refractivity contribution < 1.29 is 18.0 Å². The fraction of sp³-hybridized carbons (Fsp3) is 0.360. The van der Waals surface area contributed by atoms with Gasteiger partial charge < -0.3 is 15.1 Å². The third-order valence-electron chi connectivity index (χ3n) is 6.29. The Morgan fingerprint density at radius 1 is 1.06 bits per heavy atom. The van der Waals surface area contributed by atoms with E-state index in [4.69, 9.17) is 0 Å². The summed E-state index contributed by atoms with van der Waals surface area (Å²) in [6, 6.07) is 10.7. The van der Waals surface area contributed by atoms with Gasteiger partial charge in [0.15, 0.2) is 0 Å². The number of piperazine rings is 1. The van der Waals surface area contributed by atoms with E-state index in [2.05, 4.69) is 27.1 Å². The van der Waals surface area contributed by atoms with Crippen LogP contribution in [0.5, 0.6) is 0 Å². The van der Waals surface area contributed by atoms with Gasteiger partial charge in [-0.15, -0.1) is 0 Å². The zero-order chi connectivity index (χ0) is 24.5. The van der Waals surface area contributed by atoms with Gasteiger partial charge in [0.1, 0.15) is 0 Å². The summed E-state index contributed by atoms with van der Waals surface area (Å²) in [5, 5.41) is 7.04. The Labute approximate surface area is 197 Å². The van der Waals surface area contributed by atoms with Crippen molar-refractivity contribution in [2.75, 3.05) is 42.9 Å². The molecule has 6 nitrogen and oxygen atoms in total. The van der Waals surface area contributed by atoms with E-state index in [-0.39, 0.29) is 11.6 Å². The molecule has 3 aromatic rings. The second-order valence-electron chi connectivity index (χ2n) is 8.48. The number of amides is 1. The monoisotopic (exact) mass is 471 g/mol. The predicted octanol–water partition coefficient (Wildman–Crippen LogP) is 4.90. The average Bonchev–Trinajstić information content (AvgIpc) is 3.20. The number of nitrogens with zero attached hydrogens (tertiary/aromatic N) is 4. The van der Waals surface area contributed by atoms with E-state index in [0.29, 0.717) is 16.9 Å². The summed E-state index contributed by atoms with van der Waals surface area (Å²) in [4.78, 5) is 17.7. The van der Waals surface area contributed by atoms with Crippen molar-refractivity contribution in [2.24, 2.45) is 0 Å². The number of hydrogen-bond acceptors (Lipinski definition) is 4. The molecule has 0 radical (unpaired) electrons. The summed E-state index contributed by atoms with van der Waals surface area (Å²) in [7, 11) is 0. The van der Waals surface area contributed by atoms with Crippen LogP contribution in [0.25, 0.3) is 5.69 Å². The van der Waals surface area contributed by atoms with Gasteiger partial charge in [0.05, 0.1) is 28.7 Å². The molecule has 1 aromatic heterocycles. The lowest BCUT2D eigenvalue weighted by Crippen LogP contribution is -2.46. The molecule has 0 aliphatic carbocycles. The highest BCUT2D eigenvalue weighted by molar-refractivity contribution is 6.05. The molecule has 0 unspecified atom stereocenters. The van der Waals surface area contributed by atoms with Crippen molar-refractivity contribution in [1.29, 1.82) is 0 Å². The molecule has 1 N–H and O–H groups in total. The second kappa shape index (κ2) is 9.50. The van der Waals surface area contributed by atoms with Crippen LogP contribution in [-0.4, -0.2) is 53.3 Å². The first-order valence-corrected chi connectivity index (χ1v) is 11.3. The van der Waals surface area contributed by atoms with Gasteiger partial charge in [0.2, 0.25) is 0 Å². The summed E-state index contributed by atoms with van der Waals surface area (Å²) >= 11 is 0. The summed E-state index contributed by atoms with van der Waals surface area (Å²) in [5.74, 6) is -0.362. The minimum absolute atomic E-state index is 0.245. The van der Waals surface area contributed by atoms with Crippen LogP contribution >= 0.6 is 0 Å². The number of anilines is 2. The number of aromatic nitrogens is 2. The van der Waals surface area contributed by atoms with Gasteiger partial charge >= 0.3 is 6.18 Å². The molecule has 1 aliphatic rings. The number of rotatable bonds is 5. The Balaban J connectivity index is 1.49. The third-order valence-corrected chi connectivity index (χ3v) is 6.29. The highest BCUT2D eigenvalue weighted by atomic mass is 19.4. The molecule has 0 spiro atoms. The minimum atomic E-state index is -4.45. The average molecular weight is 472 g/mol. The molecule has 2 aromatic carbocycles. The van der Waals surface area contributed by atoms with Crippen molar-refractivity contribution in [2.45, 2.75) is 26.9 Å². The fourth-order valence-corrected chi connectivity index (χ4v) is 4.30. The van der Waals surface area contributed by atoms with Gasteiger partial charge in [-0.3, -0.25) is 4.79 Å². The topological polar surface area (TPSA) is 53.4 Å². The highest BCUT2D eigenvalue weighted by Crippen LogP contribution is 2.31. The number of halogens is 3. The van der Waals surface area contributed by atoms with Crippen LogP contribution in [0.4, 0.5) is 24.5 Å². The number of hydrogen-bond donors (Lipinski definition) is 1. The molecule has 2 heterocycles. The Bertz CT molecular complexity index is 1180. The molecular formula is C25H28F3N5O. The molecule has 4 rings (SSSR count). The SMILES string of the molecule is CCN1CCN(c2ccc(NC(=O)c3cnn(-c4cccc(C(F)(F)F)c4)c3C)cc2C)CC1. The number of likely N-dealkylation sites (N-methyl/N-ethyl adjacent to an activating group) is 1. The van der Waals surface area contributed by atoms with Crippen molar-refractivity contribution >= 4 is 17.3 Å². The van der Waals surface area contributed by atoms with E-state index in [9.17, 15) is 18.0 Å². The van der Waals surface area contributed by atoms with Crippen LogP contribution in [0.3, 0.4) is 0 Å². The van der Waals surface area contributed by atoms with Gasteiger partial charge in [-0.25, -0.2) is 4.68 Å². The summed E-state index contributed by atoms with van der Waals surface area (Å²) < 4.78 is 40.6. The van der Waals surface area contributed by atoms with Crippen molar-refractivity contribution in [3.05, 3.63) is 71.0 Å². The first-order chi connectivity index (χ1) is 16.2. The summed E-state index contributed by atoms with van der Waals surface area (Å²) in [6.07, 6.45) is -3.08. The van der Waals surface area contributed by atoms with Gasteiger partial charge in [0.25, 0.3) is 5.91 Å². The number of carbonyl (C=O) groups excluding carboxylic acids is 1. The zero-order valence-electron chi connectivity index (χ0n) is 19.5. The van der Waals surface area contributed by atoms with E-state index >= 15 is 0 Å². The normalized spacial score (nSPS) is 14.9. The van der Waals surface area contributed by atoms with Gasteiger partial charge in [0, 0.05) is 37.6 Å². The molecule has 1 saturated heterocycles. The zero-order valence-corrected chi connectivity index (χ0v) is 19.5. The molecule has 0 bridgehead atoms. The quantitative estimate of drug-likeness (QED) is 0.575. The molecule has 180 valence electrons. The molecule has 0 saturated carbocycles. The van der Waals surface area contributed by atoms with Crippen molar-refractivity contribution in [1.82, 2.24) is 14.7 Å². The van der Waals surface area contributed by atoms with Crippen LogP contribution in [0.2, 0.25) is 0 Å². The summed E-state index contributed by atoms with van der Waals surface area (Å²) in [6.45, 7) is 10.9. The largest absolute Gasteiger partial charge is 0.416 e. The number of alkyl halides is 3. The van der Waals surface area contributed by atoms with Crippen LogP contribution in [0.1, 0.15) is 34.1 Å². The molecule has 1 fully saturated rings. The van der Waals surface area contributed by atoms with Crippen LogP contribution in [0, 0.1) is 13.8 Å². The Hall–Kier alpha value is -3.33. The van der Waals surface area contributed by atoms with E-state index < -0.39 is 11.7 Å². The maximum Gasteiger partial charge on any atom is 0.416 e. The lowest BCUT2D eigenvalue weighted by molar-refractivity contribution is -0.137. The van der Waals surface area contributed by atoms with Crippen LogP contribution in [-0.2, 0) is 6.18 Å². The number of carbonyl (C=O) groups is 1. The van der Waals surface area contributed by atoms with Crippen LogP contribution < -0.4 is 10.2 Å². The minimum Gasteiger partial charge on any atom is -0.369 e. The molecule has 34 heavy (non-hydrogen) atoms. The molecule has 0 atom stereocenters. The Morgan fingerprint density at radius 3 is 2.44 bits per heavy atom. The Morgan fingerprint density at radius 2 is 1.79 bits per heavy atom. The molecule has 1 aliphatic heterocycles. The van der Waals surface area contributed by atoms with E-state index in [1.165, 1.54) is 23.0 Å². The van der Waals surface area contributed by atoms with Crippen molar-refractivity contribution in [3.8, 4) is 5.69 Å². The highest BCUT2D eigenvalue weighted by Gasteiger charge is 2.31. The maximum atomic E-state index is 13.1. The standard InChI is InChI=1S/C25H28F3N5O/c1-4-31-10-12-32(13-11-31)23-9-8-20(14-17(23)2)30-24(34)22-16-29-33(18(22)3)21-7-5-6-19(15-21)25(26,27)28/h5-9,14-16H,4,10-13H2,1-3H3,(H,30,34). The first-order valence-electron chi connectivity index (χ1n) is 11.3. The first kappa shape index (κ1) is 23.8. The van der Waals surface area contributed by atoms with E-state index in [0.717, 1.165) is 56.1 Å². The maximum absolute atomic E-state index is 13.1. The van der Waals surface area contributed by atoms with E-state index in [1.807, 2.05) is 25.1 Å². The third kappa shape index (κ3) is 4.94. The lowest BCUT2D eigenvalue weighted by Gasteiger charge is -2.36. The van der Waals surface area contributed by atoms with Crippen molar-refractivity contribution in [3.63, 3.8) is 0 Å². The number of nitrogens with one attached hydrogen (secondary N) is 1. The van der Waals surface area contributed by atoms with Gasteiger partial charge in [-0.05, 0) is 62.4 Å². The second-order valence-corrected chi connectivity index (χ2v) is 8.48. The molecule has 1 amide bonds. The van der Waals surface area contributed by atoms with Crippen LogP contribution in [0.15, 0.2) is 48.7 Å². The molecule has 9 heteroatoms. The van der Waals surface area contributed by atoms with E-state index in [1.54, 1.807) is 6.92 Å².